The SMILES string of the molecule is COc1cc(C2SCC(=O)N2CCCn2ccnc2)ccc1OCc1ccccc1. The number of hydrogen-bond acceptors (Lipinski definition) is 5. The second-order valence-electron chi connectivity index (χ2n) is 7.09. The van der Waals surface area contributed by atoms with E-state index in [2.05, 4.69) is 4.98 Å². The summed E-state index contributed by atoms with van der Waals surface area (Å²) in [7, 11) is 1.64. The Bertz CT molecular complexity index is 963. The van der Waals surface area contributed by atoms with Gasteiger partial charge in [-0.15, -0.1) is 11.8 Å². The average molecular weight is 424 g/mol. The topological polar surface area (TPSA) is 56.6 Å². The molecule has 0 bridgehead atoms. The van der Waals surface area contributed by atoms with E-state index in [0.29, 0.717) is 30.4 Å². The third-order valence-corrected chi connectivity index (χ3v) is 6.31. The summed E-state index contributed by atoms with van der Waals surface area (Å²) < 4.78 is 13.6. The van der Waals surface area contributed by atoms with Crippen molar-refractivity contribution in [1.82, 2.24) is 14.5 Å². The van der Waals surface area contributed by atoms with Gasteiger partial charge in [0.05, 0.1) is 19.2 Å². The number of amides is 1. The van der Waals surface area contributed by atoms with Gasteiger partial charge in [-0.25, -0.2) is 4.98 Å². The van der Waals surface area contributed by atoms with Crippen LogP contribution in [0.1, 0.15) is 22.9 Å². The third-order valence-electron chi connectivity index (χ3n) is 5.05. The van der Waals surface area contributed by atoms with Gasteiger partial charge in [-0.1, -0.05) is 36.4 Å². The summed E-state index contributed by atoms with van der Waals surface area (Å²) >= 11 is 1.66. The van der Waals surface area contributed by atoms with E-state index in [1.54, 1.807) is 31.4 Å². The van der Waals surface area contributed by atoms with Crippen molar-refractivity contribution < 1.29 is 14.3 Å². The van der Waals surface area contributed by atoms with Crippen LogP contribution in [0.15, 0.2) is 67.3 Å². The van der Waals surface area contributed by atoms with Gasteiger partial charge in [0.2, 0.25) is 5.91 Å². The van der Waals surface area contributed by atoms with E-state index in [0.717, 1.165) is 24.1 Å². The molecule has 1 atom stereocenters. The first kappa shape index (κ1) is 20.3. The molecule has 1 unspecified atom stereocenters. The highest BCUT2D eigenvalue weighted by Crippen LogP contribution is 2.41. The number of carbonyl (C=O) groups excluding carboxylic acids is 1. The Morgan fingerprint density at radius 2 is 2.00 bits per heavy atom. The summed E-state index contributed by atoms with van der Waals surface area (Å²) in [4.78, 5) is 18.5. The fraction of sp³-hybridized carbons (Fsp3) is 0.304. The number of carbonyl (C=O) groups is 1. The molecule has 2 aromatic carbocycles. The molecule has 30 heavy (non-hydrogen) atoms. The molecule has 0 aliphatic carbocycles. The van der Waals surface area contributed by atoms with Gasteiger partial charge in [0.1, 0.15) is 12.0 Å². The fourth-order valence-corrected chi connectivity index (χ4v) is 4.72. The van der Waals surface area contributed by atoms with E-state index in [9.17, 15) is 4.79 Å². The molecule has 1 aromatic heterocycles. The van der Waals surface area contributed by atoms with Gasteiger partial charge in [0.25, 0.3) is 0 Å². The highest BCUT2D eigenvalue weighted by atomic mass is 32.2. The largest absolute Gasteiger partial charge is 0.493 e. The average Bonchev–Trinajstić information content (AvgIpc) is 3.43. The molecule has 0 radical (unpaired) electrons. The molecule has 1 saturated heterocycles. The molecular formula is C23H25N3O3S. The van der Waals surface area contributed by atoms with Crippen LogP contribution in [-0.4, -0.2) is 39.8 Å². The molecule has 7 heteroatoms. The Kier molecular flexibility index (Phi) is 6.59. The molecule has 1 amide bonds. The lowest BCUT2D eigenvalue weighted by Crippen LogP contribution is -2.29. The Balaban J connectivity index is 1.43. The second kappa shape index (κ2) is 9.71. The number of methoxy groups -OCH3 is 1. The molecule has 2 heterocycles. The van der Waals surface area contributed by atoms with Crippen molar-refractivity contribution in [3.63, 3.8) is 0 Å². The van der Waals surface area contributed by atoms with Crippen molar-refractivity contribution in [3.8, 4) is 11.5 Å². The molecule has 0 saturated carbocycles. The maximum absolute atomic E-state index is 12.5. The van der Waals surface area contributed by atoms with Crippen molar-refractivity contribution >= 4 is 17.7 Å². The summed E-state index contributed by atoms with van der Waals surface area (Å²) in [5, 5.41) is -0.00244. The molecule has 1 aliphatic rings. The van der Waals surface area contributed by atoms with Gasteiger partial charge in [-0.2, -0.15) is 0 Å². The van der Waals surface area contributed by atoms with E-state index < -0.39 is 0 Å². The van der Waals surface area contributed by atoms with Crippen LogP contribution < -0.4 is 9.47 Å². The van der Waals surface area contributed by atoms with Crippen molar-refractivity contribution in [2.45, 2.75) is 24.9 Å². The minimum Gasteiger partial charge on any atom is -0.493 e. The van der Waals surface area contributed by atoms with Crippen LogP contribution in [0.3, 0.4) is 0 Å². The van der Waals surface area contributed by atoms with Crippen LogP contribution in [-0.2, 0) is 17.9 Å². The van der Waals surface area contributed by atoms with Crippen LogP contribution in [0, 0.1) is 0 Å². The summed E-state index contributed by atoms with van der Waals surface area (Å²) in [5.41, 5.74) is 2.15. The van der Waals surface area contributed by atoms with Crippen LogP contribution in [0.4, 0.5) is 0 Å². The normalized spacial score (nSPS) is 16.1. The number of nitrogens with zero attached hydrogens (tertiary/aromatic N) is 3. The lowest BCUT2D eigenvalue weighted by Gasteiger charge is -2.25. The highest BCUT2D eigenvalue weighted by Gasteiger charge is 2.32. The summed E-state index contributed by atoms with van der Waals surface area (Å²) in [6.07, 6.45) is 6.40. The molecule has 6 nitrogen and oxygen atoms in total. The smallest absolute Gasteiger partial charge is 0.233 e. The number of imidazole rings is 1. The van der Waals surface area contributed by atoms with E-state index in [1.165, 1.54) is 0 Å². The van der Waals surface area contributed by atoms with Crippen molar-refractivity contribution in [1.29, 1.82) is 0 Å². The van der Waals surface area contributed by atoms with Gasteiger partial charge in [-0.05, 0) is 29.7 Å². The lowest BCUT2D eigenvalue weighted by molar-refractivity contribution is -0.128. The summed E-state index contributed by atoms with van der Waals surface area (Å²) in [6, 6.07) is 16.0. The fourth-order valence-electron chi connectivity index (χ4n) is 3.51. The van der Waals surface area contributed by atoms with Crippen LogP contribution >= 0.6 is 11.8 Å². The lowest BCUT2D eigenvalue weighted by atomic mass is 10.1. The zero-order valence-corrected chi connectivity index (χ0v) is 17.8. The molecule has 4 rings (SSSR count). The standard InChI is InChI=1S/C23H25N3O3S/c1-28-21-14-19(8-9-20(21)29-15-18-6-3-2-4-7-18)23-26(22(27)16-30-23)12-5-11-25-13-10-24-17-25/h2-4,6-10,13-14,17,23H,5,11-12,15-16H2,1H3. The van der Waals surface area contributed by atoms with Crippen LogP contribution in [0.5, 0.6) is 11.5 Å². The monoisotopic (exact) mass is 423 g/mol. The molecule has 0 spiro atoms. The summed E-state index contributed by atoms with van der Waals surface area (Å²) in [6.45, 7) is 2.04. The first-order valence-corrected chi connectivity index (χ1v) is 11.0. The number of ether oxygens (including phenoxy) is 2. The predicted molar refractivity (Wildman–Crippen MR) is 118 cm³/mol. The van der Waals surface area contributed by atoms with Gasteiger partial charge in [0.15, 0.2) is 11.5 Å². The zero-order valence-electron chi connectivity index (χ0n) is 16.9. The van der Waals surface area contributed by atoms with E-state index >= 15 is 0 Å². The van der Waals surface area contributed by atoms with Gasteiger partial charge >= 0.3 is 0 Å². The Morgan fingerprint density at radius 3 is 2.77 bits per heavy atom. The summed E-state index contributed by atoms with van der Waals surface area (Å²) in [5.74, 6) is 2.07. The number of benzene rings is 2. The molecule has 1 aliphatic heterocycles. The minimum absolute atomic E-state index is 0.00244. The van der Waals surface area contributed by atoms with Crippen molar-refractivity contribution in [2.24, 2.45) is 0 Å². The number of aromatic nitrogens is 2. The van der Waals surface area contributed by atoms with Crippen LogP contribution in [0.25, 0.3) is 0 Å². The zero-order chi connectivity index (χ0) is 20.8. The third kappa shape index (κ3) is 4.79. The van der Waals surface area contributed by atoms with Gasteiger partial charge in [0, 0.05) is 25.5 Å². The molecular weight excluding hydrogens is 398 g/mol. The predicted octanol–water partition coefficient (Wildman–Crippen LogP) is 4.14. The Hall–Kier alpha value is -2.93. The molecule has 1 fully saturated rings. The van der Waals surface area contributed by atoms with Crippen molar-refractivity contribution in [2.75, 3.05) is 19.4 Å². The molecule has 3 aromatic rings. The second-order valence-corrected chi connectivity index (χ2v) is 8.16. The number of rotatable bonds is 9. The quantitative estimate of drug-likeness (QED) is 0.518. The van der Waals surface area contributed by atoms with Gasteiger partial charge < -0.3 is 18.9 Å². The molecule has 0 N–H and O–H groups in total. The van der Waals surface area contributed by atoms with Crippen LogP contribution in [0.2, 0.25) is 0 Å². The first-order chi connectivity index (χ1) is 14.7. The van der Waals surface area contributed by atoms with E-state index in [4.69, 9.17) is 9.47 Å². The van der Waals surface area contributed by atoms with E-state index in [1.807, 2.05) is 64.2 Å². The number of hydrogen-bond donors (Lipinski definition) is 0. The van der Waals surface area contributed by atoms with Gasteiger partial charge in [-0.3, -0.25) is 4.79 Å². The molecule has 156 valence electrons. The maximum Gasteiger partial charge on any atom is 0.233 e. The number of aryl methyl sites for hydroxylation is 1. The van der Waals surface area contributed by atoms with E-state index in [-0.39, 0.29) is 11.3 Å². The Labute approximate surface area is 180 Å². The van der Waals surface area contributed by atoms with Crippen molar-refractivity contribution in [3.05, 3.63) is 78.4 Å². The Morgan fingerprint density at radius 1 is 1.13 bits per heavy atom. The highest BCUT2D eigenvalue weighted by molar-refractivity contribution is 8.00. The number of thioether (sulfide) groups is 1. The first-order valence-electron chi connectivity index (χ1n) is 9.96. The maximum atomic E-state index is 12.5. The minimum atomic E-state index is -0.00244.